The molecule has 28 heavy (non-hydrogen) atoms. The Morgan fingerprint density at radius 2 is 1.50 bits per heavy atom. The second-order valence-corrected chi connectivity index (χ2v) is 10.7. The average Bonchev–Trinajstić information content (AvgIpc) is 3.23. The molecule has 3 rings (SSSR count). The van der Waals surface area contributed by atoms with Crippen molar-refractivity contribution >= 4 is 25.7 Å². The minimum Gasteiger partial charge on any atom is -0.279 e. The van der Waals surface area contributed by atoms with Gasteiger partial charge in [0.1, 0.15) is 0 Å². The maximum Gasteiger partial charge on any atom is 0.261 e. The van der Waals surface area contributed by atoms with Gasteiger partial charge in [-0.05, 0) is 61.1 Å². The lowest BCUT2D eigenvalue weighted by atomic mass is 9.97. The van der Waals surface area contributed by atoms with Crippen molar-refractivity contribution in [1.82, 2.24) is 4.31 Å². The fourth-order valence-electron chi connectivity index (χ4n) is 3.31. The Bertz CT molecular complexity index is 1030. The Morgan fingerprint density at radius 1 is 0.929 bits per heavy atom. The molecule has 1 heterocycles. The van der Waals surface area contributed by atoms with Gasteiger partial charge in [0, 0.05) is 13.1 Å². The van der Waals surface area contributed by atoms with Gasteiger partial charge in [0.2, 0.25) is 10.0 Å². The van der Waals surface area contributed by atoms with Gasteiger partial charge in [-0.3, -0.25) is 4.72 Å². The van der Waals surface area contributed by atoms with Crippen molar-refractivity contribution in [3.63, 3.8) is 0 Å². The molecule has 152 valence electrons. The molecular formula is C20H26N2O4S2. The summed E-state index contributed by atoms with van der Waals surface area (Å²) in [5.74, 6) is 0.215. The Kier molecular flexibility index (Phi) is 6.12. The van der Waals surface area contributed by atoms with Crippen molar-refractivity contribution in [2.24, 2.45) is 0 Å². The number of sulfonamides is 2. The van der Waals surface area contributed by atoms with E-state index in [1.807, 2.05) is 19.1 Å². The summed E-state index contributed by atoms with van der Waals surface area (Å²) < 4.78 is 54.9. The highest BCUT2D eigenvalue weighted by molar-refractivity contribution is 7.92. The minimum atomic E-state index is -3.82. The smallest absolute Gasteiger partial charge is 0.261 e. The van der Waals surface area contributed by atoms with Gasteiger partial charge in [-0.1, -0.05) is 32.0 Å². The molecule has 0 saturated carbocycles. The first-order valence-corrected chi connectivity index (χ1v) is 12.4. The summed E-state index contributed by atoms with van der Waals surface area (Å²) in [7, 11) is -7.38. The summed E-state index contributed by atoms with van der Waals surface area (Å²) in [6.45, 7) is 5.12. The molecule has 1 atom stereocenters. The minimum absolute atomic E-state index is 0.0341. The van der Waals surface area contributed by atoms with Crippen LogP contribution in [0.15, 0.2) is 58.3 Å². The largest absolute Gasteiger partial charge is 0.279 e. The first-order valence-electron chi connectivity index (χ1n) is 9.47. The van der Waals surface area contributed by atoms with E-state index in [4.69, 9.17) is 0 Å². The van der Waals surface area contributed by atoms with Gasteiger partial charge >= 0.3 is 0 Å². The van der Waals surface area contributed by atoms with Gasteiger partial charge in [-0.2, -0.15) is 4.31 Å². The second kappa shape index (κ2) is 8.23. The van der Waals surface area contributed by atoms with Crippen molar-refractivity contribution < 1.29 is 16.8 Å². The van der Waals surface area contributed by atoms with E-state index in [1.165, 1.54) is 28.6 Å². The quantitative estimate of drug-likeness (QED) is 0.736. The predicted molar refractivity (Wildman–Crippen MR) is 110 cm³/mol. The molecule has 8 heteroatoms. The lowest BCUT2D eigenvalue weighted by Crippen LogP contribution is -2.27. The summed E-state index contributed by atoms with van der Waals surface area (Å²) in [6, 6.07) is 12.7. The van der Waals surface area contributed by atoms with Crippen molar-refractivity contribution in [1.29, 1.82) is 0 Å². The molecule has 0 radical (unpaired) electrons. The van der Waals surface area contributed by atoms with Gasteiger partial charge in [-0.25, -0.2) is 16.8 Å². The SMILES string of the molecule is CC[C@@H](C)c1ccccc1NS(=O)(=O)c1ccc(S(=O)(=O)N2CCCC2)cc1. The normalized spacial score (nSPS) is 16.8. The molecule has 0 amide bonds. The number of nitrogens with one attached hydrogen (secondary N) is 1. The monoisotopic (exact) mass is 422 g/mol. The lowest BCUT2D eigenvalue weighted by Gasteiger charge is -2.17. The number of anilines is 1. The summed E-state index contributed by atoms with van der Waals surface area (Å²) in [6.07, 6.45) is 2.60. The van der Waals surface area contributed by atoms with E-state index in [0.29, 0.717) is 18.8 Å². The highest BCUT2D eigenvalue weighted by Gasteiger charge is 2.27. The zero-order valence-corrected chi connectivity index (χ0v) is 17.8. The van der Waals surface area contributed by atoms with Crippen LogP contribution in [0.4, 0.5) is 5.69 Å². The molecule has 1 aliphatic rings. The van der Waals surface area contributed by atoms with Crippen LogP contribution in [-0.4, -0.2) is 34.2 Å². The molecule has 1 N–H and O–H groups in total. The molecule has 0 spiro atoms. The highest BCUT2D eigenvalue weighted by atomic mass is 32.2. The van der Waals surface area contributed by atoms with E-state index in [1.54, 1.807) is 12.1 Å². The van der Waals surface area contributed by atoms with E-state index in [0.717, 1.165) is 24.8 Å². The molecule has 0 aromatic heterocycles. The predicted octanol–water partition coefficient (Wildman–Crippen LogP) is 3.79. The number of para-hydroxylation sites is 1. The fraction of sp³-hybridized carbons (Fsp3) is 0.400. The summed E-state index contributed by atoms with van der Waals surface area (Å²) in [5, 5.41) is 0. The third kappa shape index (κ3) is 4.24. The summed E-state index contributed by atoms with van der Waals surface area (Å²) >= 11 is 0. The third-order valence-electron chi connectivity index (χ3n) is 5.19. The van der Waals surface area contributed by atoms with Crippen LogP contribution in [0.5, 0.6) is 0 Å². The van der Waals surface area contributed by atoms with Crippen LogP contribution in [0.1, 0.15) is 44.6 Å². The zero-order valence-electron chi connectivity index (χ0n) is 16.1. The van der Waals surface area contributed by atoms with Crippen LogP contribution in [0.25, 0.3) is 0 Å². The Morgan fingerprint density at radius 3 is 2.11 bits per heavy atom. The van der Waals surface area contributed by atoms with Gasteiger partial charge in [0.15, 0.2) is 0 Å². The third-order valence-corrected chi connectivity index (χ3v) is 8.48. The van der Waals surface area contributed by atoms with Crippen molar-refractivity contribution in [3.8, 4) is 0 Å². The number of rotatable bonds is 7. The Labute approximate surface area is 167 Å². The number of benzene rings is 2. The van der Waals surface area contributed by atoms with Crippen molar-refractivity contribution in [2.45, 2.75) is 48.8 Å². The molecule has 0 unspecified atom stereocenters. The van der Waals surface area contributed by atoms with E-state index < -0.39 is 20.0 Å². The fourth-order valence-corrected chi connectivity index (χ4v) is 5.92. The Balaban J connectivity index is 1.86. The van der Waals surface area contributed by atoms with E-state index in [2.05, 4.69) is 11.6 Å². The molecule has 2 aromatic rings. The van der Waals surface area contributed by atoms with Crippen LogP contribution in [0.2, 0.25) is 0 Å². The first kappa shape index (κ1) is 20.8. The average molecular weight is 423 g/mol. The first-order chi connectivity index (χ1) is 13.3. The molecule has 2 aromatic carbocycles. The summed E-state index contributed by atoms with van der Waals surface area (Å²) in [5.41, 5.74) is 1.48. The number of nitrogens with zero attached hydrogens (tertiary/aromatic N) is 1. The Hall–Kier alpha value is -1.90. The van der Waals surface area contributed by atoms with Crippen LogP contribution < -0.4 is 4.72 Å². The van der Waals surface area contributed by atoms with Crippen LogP contribution in [0.3, 0.4) is 0 Å². The van der Waals surface area contributed by atoms with Crippen LogP contribution >= 0.6 is 0 Å². The maximum absolute atomic E-state index is 12.8. The van der Waals surface area contributed by atoms with E-state index >= 15 is 0 Å². The maximum atomic E-state index is 12.8. The van der Waals surface area contributed by atoms with E-state index in [-0.39, 0.29) is 15.7 Å². The van der Waals surface area contributed by atoms with Crippen molar-refractivity contribution in [2.75, 3.05) is 17.8 Å². The van der Waals surface area contributed by atoms with Gasteiger partial charge in [-0.15, -0.1) is 0 Å². The molecule has 0 aliphatic carbocycles. The molecular weight excluding hydrogens is 396 g/mol. The van der Waals surface area contributed by atoms with Gasteiger partial charge < -0.3 is 0 Å². The summed E-state index contributed by atoms with van der Waals surface area (Å²) in [4.78, 5) is 0.153. The second-order valence-electron chi connectivity index (χ2n) is 7.08. The van der Waals surface area contributed by atoms with Gasteiger partial charge in [0.05, 0.1) is 15.5 Å². The number of hydrogen-bond acceptors (Lipinski definition) is 4. The lowest BCUT2D eigenvalue weighted by molar-refractivity contribution is 0.477. The molecule has 1 saturated heterocycles. The van der Waals surface area contributed by atoms with Crippen LogP contribution in [-0.2, 0) is 20.0 Å². The van der Waals surface area contributed by atoms with Gasteiger partial charge in [0.25, 0.3) is 10.0 Å². The zero-order chi connectivity index (χ0) is 20.4. The van der Waals surface area contributed by atoms with E-state index in [9.17, 15) is 16.8 Å². The molecule has 1 aliphatic heterocycles. The standard InChI is InChI=1S/C20H26N2O4S2/c1-3-16(2)19-8-4-5-9-20(19)21-27(23,24)17-10-12-18(13-11-17)28(25,26)22-14-6-7-15-22/h4-5,8-13,16,21H,3,6-7,14-15H2,1-2H3/t16-/m1/s1. The highest BCUT2D eigenvalue weighted by Crippen LogP contribution is 2.29. The number of hydrogen-bond donors (Lipinski definition) is 1. The molecule has 0 bridgehead atoms. The molecule has 1 fully saturated rings. The van der Waals surface area contributed by atoms with Crippen molar-refractivity contribution in [3.05, 3.63) is 54.1 Å². The van der Waals surface area contributed by atoms with Crippen LogP contribution in [0, 0.1) is 0 Å². The molecule has 6 nitrogen and oxygen atoms in total. The topological polar surface area (TPSA) is 83.5 Å².